The zero-order valence-corrected chi connectivity index (χ0v) is 13.3. The van der Waals surface area contributed by atoms with Crippen molar-refractivity contribution in [2.75, 3.05) is 6.61 Å². The van der Waals surface area contributed by atoms with Crippen molar-refractivity contribution in [1.82, 2.24) is 10.5 Å². The molecule has 2 atom stereocenters. The third-order valence-electron chi connectivity index (χ3n) is 4.43. The van der Waals surface area contributed by atoms with Crippen LogP contribution >= 0.6 is 0 Å². The highest BCUT2D eigenvalue weighted by molar-refractivity contribution is 5.93. The molecule has 0 fully saturated rings. The second-order valence-electron chi connectivity index (χ2n) is 6.23. The fourth-order valence-corrected chi connectivity index (χ4v) is 3.12. The molecule has 2 aromatic rings. The Bertz CT molecular complexity index is 666. The van der Waals surface area contributed by atoms with E-state index >= 15 is 0 Å². The number of rotatable bonds is 5. The minimum absolute atomic E-state index is 0.00534. The number of carbonyl (C=O) groups excluding carboxylic acids is 1. The van der Waals surface area contributed by atoms with E-state index in [1.54, 1.807) is 0 Å². The van der Waals surface area contributed by atoms with Gasteiger partial charge in [-0.05, 0) is 37.2 Å². The molecule has 122 valence electrons. The van der Waals surface area contributed by atoms with E-state index in [4.69, 9.17) is 4.52 Å². The van der Waals surface area contributed by atoms with Crippen LogP contribution in [0, 0.1) is 5.92 Å². The number of aliphatic hydroxyl groups is 1. The normalized spacial score (nSPS) is 18.3. The van der Waals surface area contributed by atoms with Gasteiger partial charge in [0.1, 0.15) is 0 Å². The number of amides is 1. The van der Waals surface area contributed by atoms with Crippen LogP contribution in [0.5, 0.6) is 0 Å². The summed E-state index contributed by atoms with van der Waals surface area (Å²) in [4.78, 5) is 12.6. The molecule has 0 saturated carbocycles. The van der Waals surface area contributed by atoms with Gasteiger partial charge in [-0.1, -0.05) is 42.4 Å². The van der Waals surface area contributed by atoms with E-state index in [0.717, 1.165) is 36.1 Å². The number of nitrogens with one attached hydrogen (secondary N) is 1. The van der Waals surface area contributed by atoms with Crippen LogP contribution in [0.3, 0.4) is 0 Å². The van der Waals surface area contributed by atoms with Crippen LogP contribution in [0.15, 0.2) is 34.9 Å². The van der Waals surface area contributed by atoms with E-state index in [2.05, 4.69) is 17.4 Å². The highest BCUT2D eigenvalue weighted by Crippen LogP contribution is 2.28. The van der Waals surface area contributed by atoms with Gasteiger partial charge in [-0.3, -0.25) is 4.79 Å². The summed E-state index contributed by atoms with van der Waals surface area (Å²) >= 11 is 0. The highest BCUT2D eigenvalue weighted by atomic mass is 16.5. The molecule has 0 spiro atoms. The summed E-state index contributed by atoms with van der Waals surface area (Å²) in [6.45, 7) is 2.18. The smallest absolute Gasteiger partial charge is 0.290 e. The second-order valence-corrected chi connectivity index (χ2v) is 6.23. The predicted molar refractivity (Wildman–Crippen MR) is 86.0 cm³/mol. The van der Waals surface area contributed by atoms with E-state index in [9.17, 15) is 9.90 Å². The van der Waals surface area contributed by atoms with Gasteiger partial charge in [0.15, 0.2) is 0 Å². The topological polar surface area (TPSA) is 75.4 Å². The molecule has 1 aliphatic carbocycles. The average Bonchev–Trinajstić information content (AvgIpc) is 2.98. The predicted octanol–water partition coefficient (Wildman–Crippen LogP) is 2.65. The van der Waals surface area contributed by atoms with Gasteiger partial charge in [0.05, 0.1) is 11.7 Å². The van der Waals surface area contributed by atoms with Crippen LogP contribution < -0.4 is 5.32 Å². The van der Waals surface area contributed by atoms with Crippen LogP contribution in [-0.2, 0) is 12.8 Å². The number of hydrogen-bond donors (Lipinski definition) is 2. The molecular weight excluding hydrogens is 292 g/mol. The van der Waals surface area contributed by atoms with E-state index in [1.807, 2.05) is 30.3 Å². The van der Waals surface area contributed by atoms with Crippen molar-refractivity contribution in [2.45, 2.75) is 38.6 Å². The molecule has 5 heteroatoms. The zero-order valence-electron chi connectivity index (χ0n) is 13.3. The van der Waals surface area contributed by atoms with Gasteiger partial charge in [-0.2, -0.15) is 0 Å². The van der Waals surface area contributed by atoms with Crippen LogP contribution in [0.4, 0.5) is 0 Å². The minimum Gasteiger partial charge on any atom is -0.396 e. The number of benzene rings is 1. The largest absolute Gasteiger partial charge is 0.396 e. The summed E-state index contributed by atoms with van der Waals surface area (Å²) in [6.07, 6.45) is 3.24. The first-order chi connectivity index (χ1) is 11.2. The average molecular weight is 314 g/mol. The third kappa shape index (κ3) is 3.45. The van der Waals surface area contributed by atoms with Crippen molar-refractivity contribution in [3.63, 3.8) is 0 Å². The Morgan fingerprint density at radius 1 is 1.43 bits per heavy atom. The van der Waals surface area contributed by atoms with E-state index in [0.29, 0.717) is 18.1 Å². The van der Waals surface area contributed by atoms with Gasteiger partial charge >= 0.3 is 0 Å². The van der Waals surface area contributed by atoms with E-state index < -0.39 is 0 Å². The Kier molecular flexibility index (Phi) is 4.76. The number of aromatic nitrogens is 1. The van der Waals surface area contributed by atoms with Gasteiger partial charge in [0.25, 0.3) is 5.91 Å². The van der Waals surface area contributed by atoms with Crippen LogP contribution in [0.1, 0.15) is 53.2 Å². The quantitative estimate of drug-likeness (QED) is 0.889. The SMILES string of the molecule is CC1CCc2noc(C(=O)NC(CCO)c3ccccc3)c2C1. The lowest BCUT2D eigenvalue weighted by atomic mass is 9.88. The molecule has 0 radical (unpaired) electrons. The Balaban J connectivity index is 1.79. The highest BCUT2D eigenvalue weighted by Gasteiger charge is 2.28. The lowest BCUT2D eigenvalue weighted by molar-refractivity contribution is 0.0891. The molecule has 1 aromatic heterocycles. The molecule has 0 aliphatic heterocycles. The minimum atomic E-state index is -0.254. The number of aryl methyl sites for hydroxylation is 1. The monoisotopic (exact) mass is 314 g/mol. The third-order valence-corrected chi connectivity index (χ3v) is 4.43. The first-order valence-electron chi connectivity index (χ1n) is 8.13. The zero-order chi connectivity index (χ0) is 16.2. The van der Waals surface area contributed by atoms with Gasteiger partial charge in [0, 0.05) is 12.2 Å². The van der Waals surface area contributed by atoms with E-state index in [1.165, 1.54) is 0 Å². The van der Waals surface area contributed by atoms with Gasteiger partial charge in [-0.25, -0.2) is 0 Å². The maximum atomic E-state index is 12.6. The molecule has 3 rings (SSSR count). The van der Waals surface area contributed by atoms with Gasteiger partial charge in [-0.15, -0.1) is 0 Å². The number of nitrogens with zero attached hydrogens (tertiary/aromatic N) is 1. The lowest BCUT2D eigenvalue weighted by Gasteiger charge is -2.19. The van der Waals surface area contributed by atoms with Crippen molar-refractivity contribution < 1.29 is 14.4 Å². The number of fused-ring (bicyclic) bond motifs is 1. The Hall–Kier alpha value is -2.14. The summed E-state index contributed by atoms with van der Waals surface area (Å²) in [5.74, 6) is 0.608. The molecule has 2 N–H and O–H groups in total. The van der Waals surface area contributed by atoms with Crippen molar-refractivity contribution in [2.24, 2.45) is 5.92 Å². The molecule has 0 saturated heterocycles. The fourth-order valence-electron chi connectivity index (χ4n) is 3.12. The lowest BCUT2D eigenvalue weighted by Crippen LogP contribution is -2.30. The summed E-state index contributed by atoms with van der Waals surface area (Å²) in [6, 6.07) is 9.41. The summed E-state index contributed by atoms with van der Waals surface area (Å²) in [5.41, 5.74) is 2.82. The van der Waals surface area contributed by atoms with Gasteiger partial charge < -0.3 is 14.9 Å². The molecule has 5 nitrogen and oxygen atoms in total. The molecule has 1 aromatic carbocycles. The van der Waals surface area contributed by atoms with Crippen molar-refractivity contribution in [1.29, 1.82) is 0 Å². The maximum absolute atomic E-state index is 12.6. The molecule has 1 aliphatic rings. The Morgan fingerprint density at radius 2 is 2.22 bits per heavy atom. The summed E-state index contributed by atoms with van der Waals surface area (Å²) in [5, 5.41) is 16.3. The van der Waals surface area contributed by atoms with Crippen LogP contribution in [0.25, 0.3) is 0 Å². The first-order valence-corrected chi connectivity index (χ1v) is 8.13. The van der Waals surface area contributed by atoms with Gasteiger partial charge in [0.2, 0.25) is 5.76 Å². The Morgan fingerprint density at radius 3 is 2.96 bits per heavy atom. The Labute approximate surface area is 135 Å². The maximum Gasteiger partial charge on any atom is 0.290 e. The molecule has 1 amide bonds. The van der Waals surface area contributed by atoms with Crippen molar-refractivity contribution >= 4 is 5.91 Å². The molecule has 1 heterocycles. The number of aliphatic hydroxyl groups excluding tert-OH is 1. The molecule has 23 heavy (non-hydrogen) atoms. The first kappa shape index (κ1) is 15.7. The van der Waals surface area contributed by atoms with Crippen molar-refractivity contribution in [3.8, 4) is 0 Å². The number of carbonyl (C=O) groups is 1. The molecule has 2 unspecified atom stereocenters. The standard InChI is InChI=1S/C18H22N2O3/c1-12-7-8-16-14(11-12)17(23-20-16)18(22)19-15(9-10-21)13-5-3-2-4-6-13/h2-6,12,15,21H,7-11H2,1H3,(H,19,22). The molecule has 0 bridgehead atoms. The second kappa shape index (κ2) is 6.96. The summed E-state index contributed by atoms with van der Waals surface area (Å²) in [7, 11) is 0. The van der Waals surface area contributed by atoms with Crippen LogP contribution in [-0.4, -0.2) is 22.8 Å². The van der Waals surface area contributed by atoms with E-state index in [-0.39, 0.29) is 18.6 Å². The van der Waals surface area contributed by atoms with Crippen LogP contribution in [0.2, 0.25) is 0 Å². The van der Waals surface area contributed by atoms with Crippen molar-refractivity contribution in [3.05, 3.63) is 52.9 Å². The fraction of sp³-hybridized carbons (Fsp3) is 0.444. The number of hydrogen-bond acceptors (Lipinski definition) is 4. The molecular formula is C18H22N2O3. The summed E-state index contributed by atoms with van der Waals surface area (Å²) < 4.78 is 5.32.